The van der Waals surface area contributed by atoms with Gasteiger partial charge in [0.2, 0.25) is 5.91 Å². The van der Waals surface area contributed by atoms with Crippen molar-refractivity contribution >= 4 is 40.9 Å². The predicted octanol–water partition coefficient (Wildman–Crippen LogP) is 5.08. The number of nitriles is 1. The van der Waals surface area contributed by atoms with Gasteiger partial charge in [-0.25, -0.2) is 0 Å². The minimum Gasteiger partial charge on any atom is -0.347 e. The molecule has 0 unspecified atom stereocenters. The van der Waals surface area contributed by atoms with Gasteiger partial charge in [0, 0.05) is 17.3 Å². The highest BCUT2D eigenvalue weighted by Gasteiger charge is 2.40. The maximum atomic E-state index is 13.4. The number of amides is 2. The molecule has 1 aliphatic heterocycles. The average molecular weight is 474 g/mol. The summed E-state index contributed by atoms with van der Waals surface area (Å²) in [5, 5.41) is 13.1. The van der Waals surface area contributed by atoms with Gasteiger partial charge in [0.05, 0.1) is 5.25 Å². The van der Waals surface area contributed by atoms with Crippen LogP contribution in [0.5, 0.6) is 0 Å². The lowest BCUT2D eigenvalue weighted by Gasteiger charge is -2.19. The Morgan fingerprint density at radius 3 is 2.18 bits per heavy atom. The third kappa shape index (κ3) is 5.28. The molecule has 0 spiro atoms. The summed E-state index contributed by atoms with van der Waals surface area (Å²) in [6.07, 6.45) is 0.488. The Morgan fingerprint density at radius 1 is 0.970 bits per heavy atom. The van der Waals surface area contributed by atoms with E-state index in [9.17, 15) is 14.9 Å². The SMILES string of the molecule is N#C/C(C(=O)NCc1ccccc1)=C1/S[C@H](Cc2ccccc2)C(=O)N1c1ccc(Cl)cc1. The molecule has 1 fully saturated rings. The van der Waals surface area contributed by atoms with Crippen molar-refractivity contribution in [1.29, 1.82) is 5.26 Å². The average Bonchev–Trinajstić information content (AvgIpc) is 3.15. The van der Waals surface area contributed by atoms with Gasteiger partial charge in [-0.1, -0.05) is 84.0 Å². The smallest absolute Gasteiger partial charge is 0.264 e. The van der Waals surface area contributed by atoms with Crippen molar-refractivity contribution in [3.05, 3.63) is 112 Å². The Kier molecular flexibility index (Phi) is 7.13. The number of benzene rings is 3. The number of nitrogens with zero attached hydrogens (tertiary/aromatic N) is 2. The van der Waals surface area contributed by atoms with Crippen LogP contribution in [0, 0.1) is 11.3 Å². The number of thioether (sulfide) groups is 1. The van der Waals surface area contributed by atoms with Gasteiger partial charge in [-0.05, 0) is 41.8 Å². The molecule has 33 heavy (non-hydrogen) atoms. The topological polar surface area (TPSA) is 73.2 Å². The van der Waals surface area contributed by atoms with Crippen molar-refractivity contribution in [3.8, 4) is 6.07 Å². The Balaban J connectivity index is 1.67. The molecule has 5 nitrogen and oxygen atoms in total. The van der Waals surface area contributed by atoms with Crippen LogP contribution in [0.1, 0.15) is 11.1 Å². The third-order valence-corrected chi connectivity index (χ3v) is 6.66. The Labute approximate surface area is 201 Å². The standard InChI is InChI=1S/C26H20ClN3O2S/c27-20-11-13-21(14-12-20)30-25(32)23(15-18-7-3-1-4-8-18)33-26(30)22(16-28)24(31)29-17-19-9-5-2-6-10-19/h1-14,23H,15,17H2,(H,29,31)/b26-22-/t23-/m1/s1. The Bertz CT molecular complexity index is 1220. The monoisotopic (exact) mass is 473 g/mol. The fraction of sp³-hybridized carbons (Fsp3) is 0.115. The fourth-order valence-electron chi connectivity index (χ4n) is 3.51. The molecule has 1 N–H and O–H groups in total. The number of nitrogens with one attached hydrogen (secondary N) is 1. The van der Waals surface area contributed by atoms with Crippen LogP contribution in [0.4, 0.5) is 5.69 Å². The van der Waals surface area contributed by atoms with Crippen LogP contribution in [0.3, 0.4) is 0 Å². The first-order valence-electron chi connectivity index (χ1n) is 10.3. The number of anilines is 1. The number of hydrogen-bond donors (Lipinski definition) is 1. The molecule has 3 aromatic rings. The summed E-state index contributed by atoms with van der Waals surface area (Å²) >= 11 is 7.27. The van der Waals surface area contributed by atoms with Crippen molar-refractivity contribution in [2.24, 2.45) is 0 Å². The summed E-state index contributed by atoms with van der Waals surface area (Å²) in [6, 6.07) is 27.9. The lowest BCUT2D eigenvalue weighted by atomic mass is 10.1. The largest absolute Gasteiger partial charge is 0.347 e. The van der Waals surface area contributed by atoms with Crippen molar-refractivity contribution < 1.29 is 9.59 Å². The third-order valence-electron chi connectivity index (χ3n) is 5.15. The lowest BCUT2D eigenvalue weighted by molar-refractivity contribution is -0.117. The van der Waals surface area contributed by atoms with Gasteiger partial charge in [0.15, 0.2) is 0 Å². The van der Waals surface area contributed by atoms with Gasteiger partial charge in [0.25, 0.3) is 5.91 Å². The van der Waals surface area contributed by atoms with E-state index in [4.69, 9.17) is 11.6 Å². The van der Waals surface area contributed by atoms with Crippen molar-refractivity contribution in [3.63, 3.8) is 0 Å². The van der Waals surface area contributed by atoms with Crippen LogP contribution in [0.25, 0.3) is 0 Å². The minimum absolute atomic E-state index is 0.0882. The molecule has 1 heterocycles. The Hall–Kier alpha value is -3.53. The molecule has 4 rings (SSSR count). The van der Waals surface area contributed by atoms with Gasteiger partial charge < -0.3 is 5.32 Å². The summed E-state index contributed by atoms with van der Waals surface area (Å²) in [5.74, 6) is -0.694. The van der Waals surface area contributed by atoms with Crippen LogP contribution < -0.4 is 10.2 Å². The highest BCUT2D eigenvalue weighted by Crippen LogP contribution is 2.42. The molecule has 1 aliphatic rings. The van der Waals surface area contributed by atoms with E-state index in [2.05, 4.69) is 5.32 Å². The quantitative estimate of drug-likeness (QED) is 0.400. The summed E-state index contributed by atoms with van der Waals surface area (Å²) in [6.45, 7) is 0.283. The summed E-state index contributed by atoms with van der Waals surface area (Å²) < 4.78 is 0. The molecule has 1 atom stereocenters. The van der Waals surface area contributed by atoms with Gasteiger partial charge in [-0.3, -0.25) is 14.5 Å². The number of rotatable bonds is 6. The van der Waals surface area contributed by atoms with E-state index in [1.165, 1.54) is 16.7 Å². The molecule has 3 aromatic carbocycles. The van der Waals surface area contributed by atoms with Crippen molar-refractivity contribution in [2.45, 2.75) is 18.2 Å². The lowest BCUT2D eigenvalue weighted by Crippen LogP contribution is -2.32. The second-order valence-electron chi connectivity index (χ2n) is 7.41. The van der Waals surface area contributed by atoms with Crippen LogP contribution >= 0.6 is 23.4 Å². The molecule has 0 radical (unpaired) electrons. The van der Waals surface area contributed by atoms with Crippen LogP contribution in [-0.2, 0) is 22.6 Å². The van der Waals surface area contributed by atoms with Crippen molar-refractivity contribution in [2.75, 3.05) is 4.90 Å². The van der Waals surface area contributed by atoms with E-state index in [0.29, 0.717) is 22.2 Å². The highest BCUT2D eigenvalue weighted by atomic mass is 35.5. The predicted molar refractivity (Wildman–Crippen MR) is 131 cm³/mol. The van der Waals surface area contributed by atoms with E-state index in [1.54, 1.807) is 24.3 Å². The molecule has 0 saturated carbocycles. The first-order valence-corrected chi connectivity index (χ1v) is 11.6. The van der Waals surface area contributed by atoms with Crippen molar-refractivity contribution in [1.82, 2.24) is 5.32 Å². The molecule has 0 aliphatic carbocycles. The summed E-state index contributed by atoms with van der Waals surface area (Å²) in [5.41, 5.74) is 2.40. The van der Waals surface area contributed by atoms with E-state index >= 15 is 0 Å². The van der Waals surface area contributed by atoms with Gasteiger partial charge in [-0.15, -0.1) is 0 Å². The molecular weight excluding hydrogens is 454 g/mol. The maximum absolute atomic E-state index is 13.4. The van der Waals surface area contributed by atoms with E-state index < -0.39 is 11.2 Å². The normalized spacial score (nSPS) is 16.9. The molecule has 1 saturated heterocycles. The molecular formula is C26H20ClN3O2S. The zero-order chi connectivity index (χ0) is 23.2. The minimum atomic E-state index is -0.518. The molecule has 7 heteroatoms. The molecule has 2 amide bonds. The molecule has 0 bridgehead atoms. The highest BCUT2D eigenvalue weighted by molar-refractivity contribution is 8.05. The van der Waals surface area contributed by atoms with E-state index in [1.807, 2.05) is 66.7 Å². The van der Waals surface area contributed by atoms with E-state index in [0.717, 1.165) is 11.1 Å². The van der Waals surface area contributed by atoms with Crippen LogP contribution in [0.15, 0.2) is 95.5 Å². The zero-order valence-corrected chi connectivity index (χ0v) is 19.1. The number of carbonyl (C=O) groups is 2. The van der Waals surface area contributed by atoms with Gasteiger partial charge >= 0.3 is 0 Å². The summed E-state index contributed by atoms with van der Waals surface area (Å²) in [4.78, 5) is 27.9. The van der Waals surface area contributed by atoms with Crippen LogP contribution in [-0.4, -0.2) is 17.1 Å². The van der Waals surface area contributed by atoms with Crippen LogP contribution in [0.2, 0.25) is 5.02 Å². The number of carbonyl (C=O) groups excluding carboxylic acids is 2. The fourth-order valence-corrected chi connectivity index (χ4v) is 4.94. The second-order valence-corrected chi connectivity index (χ2v) is 9.03. The molecule has 0 aromatic heterocycles. The van der Waals surface area contributed by atoms with Gasteiger partial charge in [0.1, 0.15) is 16.7 Å². The zero-order valence-electron chi connectivity index (χ0n) is 17.6. The Morgan fingerprint density at radius 2 is 1.58 bits per heavy atom. The second kappa shape index (κ2) is 10.4. The first-order chi connectivity index (χ1) is 16.1. The number of halogens is 1. The summed E-state index contributed by atoms with van der Waals surface area (Å²) in [7, 11) is 0. The van der Waals surface area contributed by atoms with E-state index in [-0.39, 0.29) is 18.0 Å². The van der Waals surface area contributed by atoms with Gasteiger partial charge in [-0.2, -0.15) is 5.26 Å². The number of hydrogen-bond acceptors (Lipinski definition) is 4. The maximum Gasteiger partial charge on any atom is 0.264 e. The molecule has 164 valence electrons. The first kappa shape index (κ1) is 22.7.